The fourth-order valence-electron chi connectivity index (χ4n) is 3.69. The number of nitrogens with zero attached hydrogens (tertiary/aromatic N) is 5. The van der Waals surface area contributed by atoms with Crippen LogP contribution in [0.25, 0.3) is 11.4 Å². The number of rotatable bonds is 5. The second kappa shape index (κ2) is 7.20. The molecular weight excluding hydrogens is 322 g/mol. The van der Waals surface area contributed by atoms with Crippen molar-refractivity contribution >= 4 is 5.82 Å². The minimum atomic E-state index is 0.207. The molecule has 3 heterocycles. The lowest BCUT2D eigenvalue weighted by molar-refractivity contribution is 0.672. The van der Waals surface area contributed by atoms with Crippen molar-refractivity contribution in [3.63, 3.8) is 0 Å². The van der Waals surface area contributed by atoms with E-state index in [4.69, 9.17) is 9.97 Å². The predicted molar refractivity (Wildman–Crippen MR) is 103 cm³/mol. The minimum Gasteiger partial charge on any atom is -0.350 e. The summed E-state index contributed by atoms with van der Waals surface area (Å²) in [5.41, 5.74) is 4.71. The van der Waals surface area contributed by atoms with E-state index < -0.39 is 0 Å². The lowest BCUT2D eigenvalue weighted by atomic mass is 10.1. The highest BCUT2D eigenvalue weighted by Gasteiger charge is 2.26. The first-order valence-electron chi connectivity index (χ1n) is 9.24. The van der Waals surface area contributed by atoms with E-state index in [1.165, 1.54) is 16.8 Å². The van der Waals surface area contributed by atoms with Gasteiger partial charge in [-0.3, -0.25) is 9.97 Å². The molecular formula is C21H23N5. The van der Waals surface area contributed by atoms with Gasteiger partial charge in [-0.25, -0.2) is 9.97 Å². The molecule has 0 fully saturated rings. The third-order valence-corrected chi connectivity index (χ3v) is 5.10. The van der Waals surface area contributed by atoms with E-state index in [0.717, 1.165) is 43.0 Å². The zero-order valence-electron chi connectivity index (χ0n) is 15.3. The largest absolute Gasteiger partial charge is 0.350 e. The zero-order chi connectivity index (χ0) is 17.9. The quantitative estimate of drug-likeness (QED) is 0.699. The maximum atomic E-state index is 5.00. The normalized spacial score (nSPS) is 14.1. The van der Waals surface area contributed by atoms with Crippen LogP contribution in [0.4, 0.5) is 5.82 Å². The van der Waals surface area contributed by atoms with Crippen molar-refractivity contribution in [2.24, 2.45) is 0 Å². The molecule has 5 nitrogen and oxygen atoms in total. The first-order valence-corrected chi connectivity index (χ1v) is 9.24. The Morgan fingerprint density at radius 1 is 1.04 bits per heavy atom. The molecule has 1 aliphatic rings. The SMILES string of the molecule is CCN(c1nc(-c2ccncc2)nc2c1CCC2)C(C)c1cccnc1. The van der Waals surface area contributed by atoms with Crippen LogP contribution in [0.2, 0.25) is 0 Å². The molecule has 0 radical (unpaired) electrons. The summed E-state index contributed by atoms with van der Waals surface area (Å²) in [6.45, 7) is 5.29. The van der Waals surface area contributed by atoms with Gasteiger partial charge in [-0.15, -0.1) is 0 Å². The van der Waals surface area contributed by atoms with Crippen molar-refractivity contribution in [1.29, 1.82) is 0 Å². The molecule has 0 bridgehead atoms. The molecule has 0 spiro atoms. The van der Waals surface area contributed by atoms with E-state index >= 15 is 0 Å². The van der Waals surface area contributed by atoms with E-state index in [1.54, 1.807) is 12.4 Å². The summed E-state index contributed by atoms with van der Waals surface area (Å²) in [6, 6.07) is 8.28. The third-order valence-electron chi connectivity index (χ3n) is 5.10. The van der Waals surface area contributed by atoms with Crippen LogP contribution in [0, 0.1) is 0 Å². The van der Waals surface area contributed by atoms with Crippen molar-refractivity contribution in [2.45, 2.75) is 39.2 Å². The van der Waals surface area contributed by atoms with E-state index in [9.17, 15) is 0 Å². The summed E-state index contributed by atoms with van der Waals surface area (Å²) < 4.78 is 0. The topological polar surface area (TPSA) is 54.8 Å². The average Bonchev–Trinajstić information content (AvgIpc) is 3.18. The maximum Gasteiger partial charge on any atom is 0.161 e. The molecule has 0 saturated carbocycles. The number of aromatic nitrogens is 4. The van der Waals surface area contributed by atoms with Gasteiger partial charge in [0.05, 0.1) is 6.04 Å². The molecule has 132 valence electrons. The summed E-state index contributed by atoms with van der Waals surface area (Å²) in [4.78, 5) is 20.6. The molecule has 5 heteroatoms. The molecule has 0 saturated heterocycles. The van der Waals surface area contributed by atoms with Gasteiger partial charge in [0.1, 0.15) is 5.82 Å². The lowest BCUT2D eigenvalue weighted by Crippen LogP contribution is -2.29. The lowest BCUT2D eigenvalue weighted by Gasteiger charge is -2.31. The van der Waals surface area contributed by atoms with Crippen LogP contribution in [0.5, 0.6) is 0 Å². The number of hydrogen-bond acceptors (Lipinski definition) is 5. The average molecular weight is 345 g/mol. The van der Waals surface area contributed by atoms with Gasteiger partial charge in [-0.1, -0.05) is 6.07 Å². The first-order chi connectivity index (χ1) is 12.8. The van der Waals surface area contributed by atoms with Gasteiger partial charge in [0.2, 0.25) is 0 Å². The number of pyridine rings is 2. The maximum absolute atomic E-state index is 5.00. The molecule has 1 unspecified atom stereocenters. The summed E-state index contributed by atoms with van der Waals surface area (Å²) in [5, 5.41) is 0. The Kier molecular flexibility index (Phi) is 4.61. The van der Waals surface area contributed by atoms with Crippen LogP contribution in [0.15, 0.2) is 49.1 Å². The number of fused-ring (bicyclic) bond motifs is 1. The van der Waals surface area contributed by atoms with Gasteiger partial charge in [-0.2, -0.15) is 0 Å². The van der Waals surface area contributed by atoms with E-state index in [-0.39, 0.29) is 6.04 Å². The van der Waals surface area contributed by atoms with Crippen LogP contribution in [0.1, 0.15) is 43.1 Å². The van der Waals surface area contributed by atoms with Crippen LogP contribution < -0.4 is 4.90 Å². The second-order valence-electron chi connectivity index (χ2n) is 6.63. The molecule has 4 rings (SSSR count). The highest BCUT2D eigenvalue weighted by molar-refractivity contribution is 5.61. The zero-order valence-corrected chi connectivity index (χ0v) is 15.3. The highest BCUT2D eigenvalue weighted by Crippen LogP contribution is 2.35. The second-order valence-corrected chi connectivity index (χ2v) is 6.63. The number of aryl methyl sites for hydroxylation is 1. The predicted octanol–water partition coefficient (Wildman–Crippen LogP) is 4.01. The van der Waals surface area contributed by atoms with Crippen LogP contribution in [-0.2, 0) is 12.8 Å². The molecule has 0 aliphatic heterocycles. The van der Waals surface area contributed by atoms with Crippen molar-refractivity contribution in [3.8, 4) is 11.4 Å². The molecule has 0 aromatic carbocycles. The van der Waals surface area contributed by atoms with Gasteiger partial charge < -0.3 is 4.90 Å². The number of hydrogen-bond donors (Lipinski definition) is 0. The first kappa shape index (κ1) is 16.6. The minimum absolute atomic E-state index is 0.207. The summed E-state index contributed by atoms with van der Waals surface area (Å²) in [6.07, 6.45) is 10.6. The molecule has 3 aromatic rings. The molecule has 0 N–H and O–H groups in total. The Morgan fingerprint density at radius 3 is 2.62 bits per heavy atom. The van der Waals surface area contributed by atoms with E-state index in [2.05, 4.69) is 34.8 Å². The van der Waals surface area contributed by atoms with Crippen molar-refractivity contribution in [2.75, 3.05) is 11.4 Å². The van der Waals surface area contributed by atoms with Gasteiger partial charge in [0.15, 0.2) is 5.82 Å². The van der Waals surface area contributed by atoms with Crippen molar-refractivity contribution < 1.29 is 0 Å². The van der Waals surface area contributed by atoms with Gasteiger partial charge in [-0.05, 0) is 56.9 Å². The highest BCUT2D eigenvalue weighted by atomic mass is 15.2. The fraction of sp³-hybridized carbons (Fsp3) is 0.333. The van der Waals surface area contributed by atoms with E-state index in [0.29, 0.717) is 0 Å². The Morgan fingerprint density at radius 2 is 1.88 bits per heavy atom. The van der Waals surface area contributed by atoms with Crippen LogP contribution in [-0.4, -0.2) is 26.5 Å². The van der Waals surface area contributed by atoms with Crippen molar-refractivity contribution in [1.82, 2.24) is 19.9 Å². The Bertz CT molecular complexity index is 880. The molecule has 3 aromatic heterocycles. The van der Waals surface area contributed by atoms with Crippen LogP contribution in [0.3, 0.4) is 0 Å². The molecule has 1 aliphatic carbocycles. The molecule has 0 amide bonds. The van der Waals surface area contributed by atoms with E-state index in [1.807, 2.05) is 30.6 Å². The fourth-order valence-corrected chi connectivity index (χ4v) is 3.69. The summed E-state index contributed by atoms with van der Waals surface area (Å²) in [5.74, 6) is 1.86. The smallest absolute Gasteiger partial charge is 0.161 e. The van der Waals surface area contributed by atoms with Gasteiger partial charge in [0.25, 0.3) is 0 Å². The van der Waals surface area contributed by atoms with Gasteiger partial charge >= 0.3 is 0 Å². The Labute approximate surface area is 154 Å². The summed E-state index contributed by atoms with van der Waals surface area (Å²) in [7, 11) is 0. The van der Waals surface area contributed by atoms with Crippen molar-refractivity contribution in [3.05, 3.63) is 65.9 Å². The standard InChI is InChI=1S/C21H23N5/c1-3-26(15(2)17-6-5-11-23-14-17)21-18-7-4-8-19(18)24-20(25-21)16-9-12-22-13-10-16/h5-6,9-15H,3-4,7-8H2,1-2H3. The molecule has 1 atom stereocenters. The van der Waals surface area contributed by atoms with Gasteiger partial charge in [0, 0.05) is 48.2 Å². The monoisotopic (exact) mass is 345 g/mol. The summed E-state index contributed by atoms with van der Waals surface area (Å²) >= 11 is 0. The number of anilines is 1. The third kappa shape index (κ3) is 3.05. The molecule has 26 heavy (non-hydrogen) atoms. The Hall–Kier alpha value is -2.82. The Balaban J connectivity index is 1.80. The van der Waals surface area contributed by atoms with Crippen LogP contribution >= 0.6 is 0 Å².